The van der Waals surface area contributed by atoms with Crippen molar-refractivity contribution >= 4 is 5.91 Å². The Morgan fingerprint density at radius 3 is 2.78 bits per heavy atom. The lowest BCUT2D eigenvalue weighted by Crippen LogP contribution is -2.44. The molecule has 2 rings (SSSR count). The van der Waals surface area contributed by atoms with Gasteiger partial charge < -0.3 is 11.1 Å². The molecule has 0 spiro atoms. The van der Waals surface area contributed by atoms with Crippen LogP contribution in [0.15, 0.2) is 30.3 Å². The first kappa shape index (κ1) is 13.0. The summed E-state index contributed by atoms with van der Waals surface area (Å²) < 4.78 is 0. The maximum absolute atomic E-state index is 11.9. The molecule has 1 fully saturated rings. The molecule has 0 aromatic heterocycles. The largest absolute Gasteiger partial charge is 0.354 e. The first-order chi connectivity index (χ1) is 8.66. The monoisotopic (exact) mass is 248 g/mol. The Morgan fingerprint density at radius 2 is 2.17 bits per heavy atom. The van der Waals surface area contributed by atoms with E-state index in [1.165, 1.54) is 5.56 Å². The van der Waals surface area contributed by atoms with Crippen LogP contribution in [-0.2, 0) is 4.79 Å². The molecule has 5 N–H and O–H groups in total. The van der Waals surface area contributed by atoms with Crippen molar-refractivity contribution in [3.63, 3.8) is 0 Å². The van der Waals surface area contributed by atoms with Gasteiger partial charge in [0.15, 0.2) is 0 Å². The van der Waals surface area contributed by atoms with Crippen molar-refractivity contribution in [2.24, 2.45) is 5.73 Å². The van der Waals surface area contributed by atoms with Crippen LogP contribution >= 0.6 is 0 Å². The fourth-order valence-corrected chi connectivity index (χ4v) is 2.03. The SMILES string of the molecule is CC(CNC(=O)C1CC(N)NN1)c1ccccc1. The van der Waals surface area contributed by atoms with Crippen LogP contribution in [0, 0.1) is 0 Å². The Balaban J connectivity index is 1.79. The first-order valence-electron chi connectivity index (χ1n) is 6.26. The van der Waals surface area contributed by atoms with Crippen molar-refractivity contribution in [2.45, 2.75) is 31.5 Å². The molecule has 5 nitrogen and oxygen atoms in total. The number of hydrogen-bond acceptors (Lipinski definition) is 4. The molecule has 0 bridgehead atoms. The fourth-order valence-electron chi connectivity index (χ4n) is 2.03. The number of carbonyl (C=O) groups is 1. The minimum atomic E-state index is -0.233. The molecule has 3 unspecified atom stereocenters. The molecular weight excluding hydrogens is 228 g/mol. The zero-order chi connectivity index (χ0) is 13.0. The zero-order valence-electron chi connectivity index (χ0n) is 10.5. The molecule has 3 atom stereocenters. The standard InChI is InChI=1S/C13H20N4O/c1-9(10-5-3-2-4-6-10)8-15-13(18)11-7-12(14)17-16-11/h2-6,9,11-12,16-17H,7-8,14H2,1H3,(H,15,18). The van der Waals surface area contributed by atoms with E-state index in [-0.39, 0.29) is 18.1 Å². The molecular formula is C13H20N4O. The summed E-state index contributed by atoms with van der Waals surface area (Å²) in [4.78, 5) is 11.9. The Bertz CT molecular complexity index is 395. The van der Waals surface area contributed by atoms with Gasteiger partial charge in [-0.25, -0.2) is 10.9 Å². The van der Waals surface area contributed by atoms with Crippen LogP contribution in [0.1, 0.15) is 24.8 Å². The molecule has 0 saturated carbocycles. The Labute approximate surface area is 107 Å². The van der Waals surface area contributed by atoms with Gasteiger partial charge in [0.1, 0.15) is 6.04 Å². The van der Waals surface area contributed by atoms with Crippen LogP contribution in [0.2, 0.25) is 0 Å². The van der Waals surface area contributed by atoms with E-state index in [4.69, 9.17) is 5.73 Å². The van der Waals surface area contributed by atoms with Gasteiger partial charge in [-0.3, -0.25) is 4.79 Å². The smallest absolute Gasteiger partial charge is 0.238 e. The summed E-state index contributed by atoms with van der Waals surface area (Å²) in [5.74, 6) is 0.302. The van der Waals surface area contributed by atoms with Gasteiger partial charge in [0.25, 0.3) is 0 Å². The fraction of sp³-hybridized carbons (Fsp3) is 0.462. The second kappa shape index (κ2) is 5.95. The van der Waals surface area contributed by atoms with Gasteiger partial charge in [-0.15, -0.1) is 0 Å². The lowest BCUT2D eigenvalue weighted by molar-refractivity contribution is -0.122. The summed E-state index contributed by atoms with van der Waals surface area (Å²) in [5.41, 5.74) is 12.6. The highest BCUT2D eigenvalue weighted by Crippen LogP contribution is 2.13. The first-order valence-corrected chi connectivity index (χ1v) is 6.26. The highest BCUT2D eigenvalue weighted by Gasteiger charge is 2.26. The molecule has 0 aliphatic carbocycles. The quantitative estimate of drug-likeness (QED) is 0.607. The van der Waals surface area contributed by atoms with Crippen molar-refractivity contribution in [1.82, 2.24) is 16.2 Å². The third-order valence-electron chi connectivity index (χ3n) is 3.20. The molecule has 98 valence electrons. The molecule has 1 amide bonds. The van der Waals surface area contributed by atoms with Crippen LogP contribution < -0.4 is 21.9 Å². The molecule has 5 heteroatoms. The van der Waals surface area contributed by atoms with Gasteiger partial charge in [0.05, 0.1) is 6.17 Å². The normalized spacial score (nSPS) is 24.8. The Hall–Kier alpha value is -1.43. The van der Waals surface area contributed by atoms with Crippen molar-refractivity contribution in [3.8, 4) is 0 Å². The van der Waals surface area contributed by atoms with Crippen LogP contribution in [0.3, 0.4) is 0 Å². The van der Waals surface area contributed by atoms with Gasteiger partial charge in [-0.1, -0.05) is 37.3 Å². The summed E-state index contributed by atoms with van der Waals surface area (Å²) >= 11 is 0. The molecule has 1 aliphatic heterocycles. The summed E-state index contributed by atoms with van der Waals surface area (Å²) in [7, 11) is 0. The predicted molar refractivity (Wildman–Crippen MR) is 70.5 cm³/mol. The van der Waals surface area contributed by atoms with E-state index in [1.807, 2.05) is 18.2 Å². The minimum absolute atomic E-state index is 0.00164. The zero-order valence-corrected chi connectivity index (χ0v) is 10.5. The van der Waals surface area contributed by atoms with Crippen molar-refractivity contribution in [2.75, 3.05) is 6.54 Å². The summed E-state index contributed by atoms with van der Waals surface area (Å²) in [6, 6.07) is 9.92. The summed E-state index contributed by atoms with van der Waals surface area (Å²) in [5, 5.41) is 2.95. The lowest BCUT2D eigenvalue weighted by Gasteiger charge is -2.15. The van der Waals surface area contributed by atoms with Crippen LogP contribution in [0.5, 0.6) is 0 Å². The van der Waals surface area contributed by atoms with Gasteiger partial charge in [0, 0.05) is 13.0 Å². The highest BCUT2D eigenvalue weighted by molar-refractivity contribution is 5.82. The Kier molecular flexibility index (Phi) is 4.30. The number of nitrogens with one attached hydrogen (secondary N) is 3. The van der Waals surface area contributed by atoms with Crippen LogP contribution in [0.4, 0.5) is 0 Å². The topological polar surface area (TPSA) is 79.2 Å². The predicted octanol–water partition coefficient (Wildman–Crippen LogP) is 0.0576. The minimum Gasteiger partial charge on any atom is -0.354 e. The van der Waals surface area contributed by atoms with E-state index in [2.05, 4.69) is 35.2 Å². The maximum Gasteiger partial charge on any atom is 0.238 e. The number of nitrogens with two attached hydrogens (primary N) is 1. The number of hydrogen-bond donors (Lipinski definition) is 4. The second-order valence-electron chi connectivity index (χ2n) is 4.74. The van der Waals surface area contributed by atoms with Gasteiger partial charge in [-0.05, 0) is 11.5 Å². The molecule has 0 radical (unpaired) electrons. The van der Waals surface area contributed by atoms with Crippen molar-refractivity contribution in [3.05, 3.63) is 35.9 Å². The number of hydrazine groups is 1. The lowest BCUT2D eigenvalue weighted by atomic mass is 10.0. The Morgan fingerprint density at radius 1 is 1.44 bits per heavy atom. The summed E-state index contributed by atoms with van der Waals surface area (Å²) in [6.07, 6.45) is 0.471. The number of amides is 1. The van der Waals surface area contributed by atoms with Crippen LogP contribution in [0.25, 0.3) is 0 Å². The third kappa shape index (κ3) is 3.29. The number of rotatable bonds is 4. The summed E-state index contributed by atoms with van der Waals surface area (Å²) in [6.45, 7) is 2.73. The second-order valence-corrected chi connectivity index (χ2v) is 4.74. The van der Waals surface area contributed by atoms with Gasteiger partial charge in [0.2, 0.25) is 5.91 Å². The van der Waals surface area contributed by atoms with E-state index in [0.717, 1.165) is 0 Å². The highest BCUT2D eigenvalue weighted by atomic mass is 16.2. The van der Waals surface area contributed by atoms with E-state index >= 15 is 0 Å². The van der Waals surface area contributed by atoms with E-state index < -0.39 is 0 Å². The number of carbonyl (C=O) groups excluding carboxylic acids is 1. The average Bonchev–Trinajstić information content (AvgIpc) is 2.83. The van der Waals surface area contributed by atoms with Gasteiger partial charge >= 0.3 is 0 Å². The molecule has 1 saturated heterocycles. The van der Waals surface area contributed by atoms with Crippen molar-refractivity contribution in [1.29, 1.82) is 0 Å². The maximum atomic E-state index is 11.9. The molecule has 1 heterocycles. The number of benzene rings is 1. The molecule has 1 aromatic carbocycles. The van der Waals surface area contributed by atoms with E-state index in [1.54, 1.807) is 0 Å². The average molecular weight is 248 g/mol. The van der Waals surface area contributed by atoms with E-state index in [0.29, 0.717) is 18.9 Å². The molecule has 18 heavy (non-hydrogen) atoms. The van der Waals surface area contributed by atoms with Gasteiger partial charge in [-0.2, -0.15) is 0 Å². The van der Waals surface area contributed by atoms with E-state index in [9.17, 15) is 4.79 Å². The molecule has 1 aromatic rings. The van der Waals surface area contributed by atoms with Crippen LogP contribution in [-0.4, -0.2) is 24.7 Å². The molecule has 1 aliphatic rings. The van der Waals surface area contributed by atoms with Crippen molar-refractivity contribution < 1.29 is 4.79 Å². The third-order valence-corrected chi connectivity index (χ3v) is 3.20.